The van der Waals surface area contributed by atoms with E-state index in [0.29, 0.717) is 16.9 Å². The maximum atomic E-state index is 12.7. The van der Waals surface area contributed by atoms with Crippen LogP contribution in [-0.2, 0) is 0 Å². The predicted octanol–water partition coefficient (Wildman–Crippen LogP) is 3.80. The lowest BCUT2D eigenvalue weighted by Gasteiger charge is -2.12. The van der Waals surface area contributed by atoms with E-state index in [9.17, 15) is 9.59 Å². The number of hydrogen-bond acceptors (Lipinski definition) is 4. The number of rotatable bonds is 4. The number of carbonyl (C=O) groups is 2. The van der Waals surface area contributed by atoms with E-state index in [1.807, 2.05) is 32.0 Å². The summed E-state index contributed by atoms with van der Waals surface area (Å²) in [6.07, 6.45) is 0. The summed E-state index contributed by atoms with van der Waals surface area (Å²) in [4.78, 5) is 27.7. The molecular formula is C21H22ClN5O2. The fourth-order valence-electron chi connectivity index (χ4n) is 2.92. The molecule has 8 heteroatoms. The standard InChI is InChI=1S/C21H22ClN5O2/c1-12-6-9-18(13(2)10-12)27-24-14(3)19(25-27)20(28)23-15-7-8-16(17(22)11-15)21(29)26(4)5/h6-11H,1-5H3,(H,23,28). The zero-order chi connectivity index (χ0) is 21.3. The highest BCUT2D eigenvalue weighted by atomic mass is 35.5. The van der Waals surface area contributed by atoms with Gasteiger partial charge < -0.3 is 10.2 Å². The van der Waals surface area contributed by atoms with E-state index in [4.69, 9.17) is 11.6 Å². The normalized spacial score (nSPS) is 10.7. The van der Waals surface area contributed by atoms with E-state index in [2.05, 4.69) is 15.5 Å². The van der Waals surface area contributed by atoms with Gasteiger partial charge in [-0.1, -0.05) is 29.3 Å². The van der Waals surface area contributed by atoms with Gasteiger partial charge in [-0.15, -0.1) is 5.10 Å². The van der Waals surface area contributed by atoms with Crippen LogP contribution in [0.1, 0.15) is 37.7 Å². The molecule has 0 aliphatic rings. The highest BCUT2D eigenvalue weighted by Crippen LogP contribution is 2.23. The summed E-state index contributed by atoms with van der Waals surface area (Å²) in [5.74, 6) is -0.610. The molecule has 0 saturated heterocycles. The number of aryl methyl sites for hydroxylation is 3. The van der Waals surface area contributed by atoms with Crippen molar-refractivity contribution in [3.05, 3.63) is 69.5 Å². The molecule has 29 heavy (non-hydrogen) atoms. The number of amides is 2. The largest absolute Gasteiger partial charge is 0.345 e. The van der Waals surface area contributed by atoms with Crippen molar-refractivity contribution in [2.45, 2.75) is 20.8 Å². The van der Waals surface area contributed by atoms with Gasteiger partial charge in [0.05, 0.1) is 22.0 Å². The molecule has 0 radical (unpaired) electrons. The maximum absolute atomic E-state index is 12.7. The number of hydrogen-bond donors (Lipinski definition) is 1. The summed E-state index contributed by atoms with van der Waals surface area (Å²) >= 11 is 6.21. The second-order valence-electron chi connectivity index (χ2n) is 7.06. The summed E-state index contributed by atoms with van der Waals surface area (Å²) in [7, 11) is 3.30. The minimum absolute atomic E-state index is 0.208. The van der Waals surface area contributed by atoms with Gasteiger partial charge in [-0.05, 0) is 50.6 Å². The van der Waals surface area contributed by atoms with Crippen molar-refractivity contribution < 1.29 is 9.59 Å². The van der Waals surface area contributed by atoms with Crippen molar-refractivity contribution in [1.29, 1.82) is 0 Å². The second-order valence-corrected chi connectivity index (χ2v) is 7.47. The molecule has 0 unspecified atom stereocenters. The van der Waals surface area contributed by atoms with Crippen molar-refractivity contribution in [3.8, 4) is 5.69 Å². The third kappa shape index (κ3) is 4.30. The Bertz CT molecular complexity index is 1100. The molecule has 0 fully saturated rings. The average molecular weight is 412 g/mol. The first-order valence-electron chi connectivity index (χ1n) is 9.01. The Morgan fingerprint density at radius 2 is 1.76 bits per heavy atom. The molecule has 2 aromatic carbocycles. The lowest BCUT2D eigenvalue weighted by molar-refractivity contribution is 0.0827. The summed E-state index contributed by atoms with van der Waals surface area (Å²) in [6, 6.07) is 10.7. The third-order valence-electron chi connectivity index (χ3n) is 4.43. The zero-order valence-electron chi connectivity index (χ0n) is 16.9. The molecule has 1 heterocycles. The molecule has 1 N–H and O–H groups in total. The molecule has 0 spiro atoms. The van der Waals surface area contributed by atoms with Crippen molar-refractivity contribution in [2.24, 2.45) is 0 Å². The minimum Gasteiger partial charge on any atom is -0.345 e. The monoisotopic (exact) mass is 411 g/mol. The first-order valence-corrected chi connectivity index (χ1v) is 9.39. The van der Waals surface area contributed by atoms with Crippen molar-refractivity contribution >= 4 is 29.1 Å². The van der Waals surface area contributed by atoms with E-state index in [-0.39, 0.29) is 16.6 Å². The quantitative estimate of drug-likeness (QED) is 0.708. The number of carbonyl (C=O) groups excluding carboxylic acids is 2. The number of aromatic nitrogens is 3. The van der Waals surface area contributed by atoms with E-state index >= 15 is 0 Å². The molecule has 0 atom stereocenters. The van der Waals surface area contributed by atoms with Gasteiger partial charge in [0.2, 0.25) is 0 Å². The van der Waals surface area contributed by atoms with Gasteiger partial charge in [0.25, 0.3) is 11.8 Å². The van der Waals surface area contributed by atoms with Crippen molar-refractivity contribution in [1.82, 2.24) is 19.9 Å². The van der Waals surface area contributed by atoms with Gasteiger partial charge in [0.15, 0.2) is 5.69 Å². The molecule has 1 aromatic heterocycles. The fraction of sp³-hybridized carbons (Fsp3) is 0.238. The maximum Gasteiger partial charge on any atom is 0.278 e. The molecule has 0 aliphatic heterocycles. The van der Waals surface area contributed by atoms with E-state index < -0.39 is 5.91 Å². The van der Waals surface area contributed by atoms with Crippen LogP contribution < -0.4 is 5.32 Å². The van der Waals surface area contributed by atoms with Gasteiger partial charge in [-0.25, -0.2) is 0 Å². The van der Waals surface area contributed by atoms with Crippen LogP contribution in [0.15, 0.2) is 36.4 Å². The minimum atomic E-state index is -0.402. The summed E-state index contributed by atoms with van der Waals surface area (Å²) in [5.41, 5.74) is 4.53. The Hall–Kier alpha value is -3.19. The van der Waals surface area contributed by atoms with Gasteiger partial charge in [-0.2, -0.15) is 9.90 Å². The topological polar surface area (TPSA) is 80.1 Å². The Balaban J connectivity index is 1.84. The number of benzene rings is 2. The Labute approximate surface area is 174 Å². The Morgan fingerprint density at radius 3 is 2.38 bits per heavy atom. The molecule has 3 aromatic rings. The lowest BCUT2D eigenvalue weighted by Crippen LogP contribution is -2.22. The zero-order valence-corrected chi connectivity index (χ0v) is 17.7. The van der Waals surface area contributed by atoms with E-state index in [1.165, 1.54) is 9.70 Å². The predicted molar refractivity (Wildman–Crippen MR) is 113 cm³/mol. The first-order chi connectivity index (χ1) is 13.7. The number of anilines is 1. The lowest BCUT2D eigenvalue weighted by atomic mass is 10.1. The van der Waals surface area contributed by atoms with Crippen LogP contribution in [0.4, 0.5) is 5.69 Å². The van der Waals surface area contributed by atoms with E-state index in [1.54, 1.807) is 39.2 Å². The molecule has 150 valence electrons. The van der Waals surface area contributed by atoms with Gasteiger partial charge in [0.1, 0.15) is 0 Å². The molecule has 2 amide bonds. The van der Waals surface area contributed by atoms with Crippen molar-refractivity contribution in [2.75, 3.05) is 19.4 Å². The molecule has 0 aliphatic carbocycles. The summed E-state index contributed by atoms with van der Waals surface area (Å²) in [5, 5.41) is 11.8. The van der Waals surface area contributed by atoms with Crippen LogP contribution >= 0.6 is 11.6 Å². The van der Waals surface area contributed by atoms with E-state index in [0.717, 1.165) is 16.8 Å². The fourth-order valence-corrected chi connectivity index (χ4v) is 3.19. The summed E-state index contributed by atoms with van der Waals surface area (Å²) < 4.78 is 0. The second kappa shape index (κ2) is 8.05. The van der Waals surface area contributed by atoms with Crippen LogP contribution in [0.25, 0.3) is 5.69 Å². The molecular weight excluding hydrogens is 390 g/mol. The van der Waals surface area contributed by atoms with Gasteiger partial charge in [0, 0.05) is 19.8 Å². The highest BCUT2D eigenvalue weighted by molar-refractivity contribution is 6.34. The van der Waals surface area contributed by atoms with Gasteiger partial charge in [-0.3, -0.25) is 9.59 Å². The van der Waals surface area contributed by atoms with Crippen molar-refractivity contribution in [3.63, 3.8) is 0 Å². The van der Waals surface area contributed by atoms with Crippen LogP contribution in [0, 0.1) is 20.8 Å². The molecule has 0 saturated carbocycles. The number of halogens is 1. The van der Waals surface area contributed by atoms with Crippen LogP contribution in [0.5, 0.6) is 0 Å². The Kier molecular flexibility index (Phi) is 5.70. The van der Waals surface area contributed by atoms with Crippen LogP contribution in [0.2, 0.25) is 5.02 Å². The molecule has 0 bridgehead atoms. The first kappa shape index (κ1) is 20.5. The number of nitrogens with zero attached hydrogens (tertiary/aromatic N) is 4. The van der Waals surface area contributed by atoms with Gasteiger partial charge >= 0.3 is 0 Å². The van der Waals surface area contributed by atoms with Crippen LogP contribution in [-0.4, -0.2) is 45.8 Å². The number of nitrogens with one attached hydrogen (secondary N) is 1. The summed E-state index contributed by atoms with van der Waals surface area (Å²) in [6.45, 7) is 5.72. The highest BCUT2D eigenvalue weighted by Gasteiger charge is 2.19. The van der Waals surface area contributed by atoms with Crippen LogP contribution in [0.3, 0.4) is 0 Å². The average Bonchev–Trinajstić information content (AvgIpc) is 3.02. The SMILES string of the molecule is Cc1ccc(-n2nc(C)c(C(=O)Nc3ccc(C(=O)N(C)C)c(Cl)c3)n2)c(C)c1. The molecule has 3 rings (SSSR count). The smallest absolute Gasteiger partial charge is 0.278 e. The Morgan fingerprint density at radius 1 is 1.03 bits per heavy atom. The molecule has 7 nitrogen and oxygen atoms in total. The third-order valence-corrected chi connectivity index (χ3v) is 4.74.